The SMILES string of the molecule is COCCOCCCNCC1CCCN1C. The number of likely N-dealkylation sites (N-methyl/N-ethyl adjacent to an activating group) is 1. The van der Waals surface area contributed by atoms with Crippen LogP contribution >= 0.6 is 0 Å². The Bertz CT molecular complexity index is 167. The third-order valence-electron chi connectivity index (χ3n) is 3.13. The number of rotatable bonds is 9. The Morgan fingerprint density at radius 2 is 2.19 bits per heavy atom. The smallest absolute Gasteiger partial charge is 0.0700 e. The Kier molecular flexibility index (Phi) is 7.76. The highest BCUT2D eigenvalue weighted by Crippen LogP contribution is 2.13. The molecule has 1 N–H and O–H groups in total. The van der Waals surface area contributed by atoms with E-state index in [1.807, 2.05) is 0 Å². The van der Waals surface area contributed by atoms with Crippen LogP contribution in [0.3, 0.4) is 0 Å². The second-order valence-electron chi connectivity index (χ2n) is 4.44. The number of hydrogen-bond donors (Lipinski definition) is 1. The van der Waals surface area contributed by atoms with Gasteiger partial charge in [0.15, 0.2) is 0 Å². The van der Waals surface area contributed by atoms with Gasteiger partial charge < -0.3 is 19.7 Å². The summed E-state index contributed by atoms with van der Waals surface area (Å²) >= 11 is 0. The molecule has 1 fully saturated rings. The molecule has 1 aliphatic rings. The number of nitrogens with one attached hydrogen (secondary N) is 1. The molecule has 0 aromatic carbocycles. The van der Waals surface area contributed by atoms with Crippen LogP contribution in [0.4, 0.5) is 0 Å². The van der Waals surface area contributed by atoms with Crippen molar-refractivity contribution in [2.45, 2.75) is 25.3 Å². The van der Waals surface area contributed by atoms with Gasteiger partial charge in [-0.25, -0.2) is 0 Å². The fourth-order valence-electron chi connectivity index (χ4n) is 2.05. The minimum absolute atomic E-state index is 0.695. The Morgan fingerprint density at radius 1 is 1.31 bits per heavy atom. The van der Waals surface area contributed by atoms with E-state index in [1.54, 1.807) is 7.11 Å². The zero-order valence-electron chi connectivity index (χ0n) is 10.7. The van der Waals surface area contributed by atoms with Gasteiger partial charge in [0.05, 0.1) is 13.2 Å². The molecular formula is C12H26N2O2. The van der Waals surface area contributed by atoms with E-state index in [0.29, 0.717) is 13.2 Å². The minimum atomic E-state index is 0.695. The lowest BCUT2D eigenvalue weighted by Gasteiger charge is -2.19. The predicted molar refractivity (Wildman–Crippen MR) is 65.8 cm³/mol. The maximum atomic E-state index is 5.39. The van der Waals surface area contributed by atoms with E-state index in [9.17, 15) is 0 Å². The quantitative estimate of drug-likeness (QED) is 0.592. The van der Waals surface area contributed by atoms with Gasteiger partial charge in [-0.15, -0.1) is 0 Å². The van der Waals surface area contributed by atoms with Gasteiger partial charge in [-0.1, -0.05) is 0 Å². The Morgan fingerprint density at radius 3 is 2.88 bits per heavy atom. The maximum absolute atomic E-state index is 5.39. The number of nitrogens with zero attached hydrogens (tertiary/aromatic N) is 1. The molecule has 4 heteroatoms. The van der Waals surface area contributed by atoms with Crippen LogP contribution in [0.1, 0.15) is 19.3 Å². The van der Waals surface area contributed by atoms with Crippen LogP contribution in [-0.2, 0) is 9.47 Å². The summed E-state index contributed by atoms with van der Waals surface area (Å²) in [7, 11) is 3.91. The van der Waals surface area contributed by atoms with E-state index in [-0.39, 0.29) is 0 Å². The van der Waals surface area contributed by atoms with E-state index in [4.69, 9.17) is 9.47 Å². The first-order chi connectivity index (χ1) is 7.84. The normalized spacial score (nSPS) is 21.8. The summed E-state index contributed by atoms with van der Waals surface area (Å²) in [4.78, 5) is 2.45. The molecule has 0 bridgehead atoms. The summed E-state index contributed by atoms with van der Waals surface area (Å²) in [6.45, 7) is 5.66. The second kappa shape index (κ2) is 8.93. The third-order valence-corrected chi connectivity index (χ3v) is 3.13. The number of likely N-dealkylation sites (tertiary alicyclic amines) is 1. The van der Waals surface area contributed by atoms with E-state index in [1.165, 1.54) is 19.4 Å². The Labute approximate surface area is 99.3 Å². The fourth-order valence-corrected chi connectivity index (χ4v) is 2.05. The molecule has 0 aliphatic carbocycles. The molecular weight excluding hydrogens is 204 g/mol. The molecule has 0 radical (unpaired) electrons. The summed E-state index contributed by atoms with van der Waals surface area (Å²) in [6.07, 6.45) is 3.77. The number of ether oxygens (including phenoxy) is 2. The van der Waals surface area contributed by atoms with Crippen molar-refractivity contribution < 1.29 is 9.47 Å². The summed E-state index contributed by atoms with van der Waals surface area (Å²) < 4.78 is 10.3. The molecule has 1 heterocycles. The van der Waals surface area contributed by atoms with Gasteiger partial charge >= 0.3 is 0 Å². The van der Waals surface area contributed by atoms with Crippen LogP contribution in [-0.4, -0.2) is 64.6 Å². The highest BCUT2D eigenvalue weighted by atomic mass is 16.5. The lowest BCUT2D eigenvalue weighted by molar-refractivity contribution is 0.0694. The first-order valence-corrected chi connectivity index (χ1v) is 6.32. The maximum Gasteiger partial charge on any atom is 0.0700 e. The monoisotopic (exact) mass is 230 g/mol. The lowest BCUT2D eigenvalue weighted by Crippen LogP contribution is -2.36. The van der Waals surface area contributed by atoms with Crippen LogP contribution < -0.4 is 5.32 Å². The van der Waals surface area contributed by atoms with Crippen molar-refractivity contribution in [3.8, 4) is 0 Å². The molecule has 0 saturated carbocycles. The van der Waals surface area contributed by atoms with E-state index < -0.39 is 0 Å². The molecule has 96 valence electrons. The Balaban J connectivity index is 1.81. The predicted octanol–water partition coefficient (Wildman–Crippen LogP) is 0.723. The first kappa shape index (κ1) is 13.9. The van der Waals surface area contributed by atoms with Gasteiger partial charge in [-0.05, 0) is 39.4 Å². The van der Waals surface area contributed by atoms with Crippen molar-refractivity contribution in [2.24, 2.45) is 0 Å². The van der Waals surface area contributed by atoms with Crippen LogP contribution in [0.15, 0.2) is 0 Å². The van der Waals surface area contributed by atoms with Gasteiger partial charge in [0.25, 0.3) is 0 Å². The Hall–Kier alpha value is -0.160. The summed E-state index contributed by atoms with van der Waals surface area (Å²) in [5.74, 6) is 0. The molecule has 16 heavy (non-hydrogen) atoms. The molecule has 1 saturated heterocycles. The largest absolute Gasteiger partial charge is 0.382 e. The average molecular weight is 230 g/mol. The van der Waals surface area contributed by atoms with Crippen molar-refractivity contribution in [2.75, 3.05) is 53.6 Å². The standard InChI is InChI=1S/C12H26N2O2/c1-14-7-3-5-12(14)11-13-6-4-8-16-10-9-15-2/h12-13H,3-11H2,1-2H3. The van der Waals surface area contributed by atoms with Crippen LogP contribution in [0.25, 0.3) is 0 Å². The zero-order chi connectivity index (χ0) is 11.6. The molecule has 1 atom stereocenters. The first-order valence-electron chi connectivity index (χ1n) is 6.32. The lowest BCUT2D eigenvalue weighted by atomic mass is 10.2. The van der Waals surface area contributed by atoms with Crippen LogP contribution in [0.2, 0.25) is 0 Å². The fraction of sp³-hybridized carbons (Fsp3) is 1.00. The highest BCUT2D eigenvalue weighted by molar-refractivity contribution is 4.77. The van der Waals surface area contributed by atoms with Crippen molar-refractivity contribution in [3.05, 3.63) is 0 Å². The summed E-state index contributed by atoms with van der Waals surface area (Å²) in [6, 6.07) is 0.745. The van der Waals surface area contributed by atoms with E-state index >= 15 is 0 Å². The van der Waals surface area contributed by atoms with Gasteiger partial charge in [-0.2, -0.15) is 0 Å². The zero-order valence-corrected chi connectivity index (χ0v) is 10.7. The topological polar surface area (TPSA) is 33.7 Å². The van der Waals surface area contributed by atoms with Crippen molar-refractivity contribution >= 4 is 0 Å². The molecule has 1 aliphatic heterocycles. The van der Waals surface area contributed by atoms with E-state index in [2.05, 4.69) is 17.3 Å². The molecule has 0 spiro atoms. The minimum Gasteiger partial charge on any atom is -0.382 e. The second-order valence-corrected chi connectivity index (χ2v) is 4.44. The van der Waals surface area contributed by atoms with Crippen molar-refractivity contribution in [1.82, 2.24) is 10.2 Å². The van der Waals surface area contributed by atoms with Crippen molar-refractivity contribution in [1.29, 1.82) is 0 Å². The number of methoxy groups -OCH3 is 1. The average Bonchev–Trinajstić information content (AvgIpc) is 2.68. The van der Waals surface area contributed by atoms with Gasteiger partial charge in [0, 0.05) is 26.3 Å². The van der Waals surface area contributed by atoms with Gasteiger partial charge in [0.2, 0.25) is 0 Å². The molecule has 0 aromatic rings. The van der Waals surface area contributed by atoms with Crippen LogP contribution in [0, 0.1) is 0 Å². The van der Waals surface area contributed by atoms with Crippen LogP contribution in [0.5, 0.6) is 0 Å². The molecule has 1 unspecified atom stereocenters. The van der Waals surface area contributed by atoms with E-state index in [0.717, 1.165) is 32.2 Å². The molecule has 1 rings (SSSR count). The third kappa shape index (κ3) is 5.80. The van der Waals surface area contributed by atoms with Crippen molar-refractivity contribution in [3.63, 3.8) is 0 Å². The van der Waals surface area contributed by atoms with Gasteiger partial charge in [0.1, 0.15) is 0 Å². The summed E-state index contributed by atoms with van der Waals surface area (Å²) in [5, 5.41) is 3.50. The number of hydrogen-bond acceptors (Lipinski definition) is 4. The molecule has 0 amide bonds. The van der Waals surface area contributed by atoms with Gasteiger partial charge in [-0.3, -0.25) is 0 Å². The molecule has 0 aromatic heterocycles. The summed E-state index contributed by atoms with van der Waals surface area (Å²) in [5.41, 5.74) is 0. The molecule has 4 nitrogen and oxygen atoms in total. The highest BCUT2D eigenvalue weighted by Gasteiger charge is 2.19.